The minimum atomic E-state index is -3.65. The van der Waals surface area contributed by atoms with Gasteiger partial charge in [0.2, 0.25) is 10.0 Å². The smallest absolute Gasteiger partial charge is 0.238 e. The summed E-state index contributed by atoms with van der Waals surface area (Å²) < 4.78 is 22.3. The van der Waals surface area contributed by atoms with E-state index in [0.29, 0.717) is 0 Å². The van der Waals surface area contributed by atoms with Crippen molar-refractivity contribution in [2.75, 3.05) is 5.32 Å². The van der Waals surface area contributed by atoms with Crippen molar-refractivity contribution in [2.24, 2.45) is 5.14 Å². The van der Waals surface area contributed by atoms with Crippen LogP contribution in [0.5, 0.6) is 0 Å². The topological polar surface area (TPSA) is 92.4 Å². The molecule has 0 amide bonds. The first-order valence-electron chi connectivity index (χ1n) is 6.54. The minimum absolute atomic E-state index is 0.0304. The predicted molar refractivity (Wildman–Crippen MR) is 74.3 cm³/mol. The number of rotatable bonds is 3. The molecule has 1 saturated carbocycles. The number of aliphatic hydroxyl groups is 1. The highest BCUT2D eigenvalue weighted by Gasteiger charge is 2.21. The summed E-state index contributed by atoms with van der Waals surface area (Å²) in [7, 11) is -3.65. The molecule has 0 aromatic heterocycles. The molecule has 2 rings (SSSR count). The van der Waals surface area contributed by atoms with Crippen LogP contribution >= 0.6 is 0 Å². The molecule has 1 aliphatic carbocycles. The molecule has 0 heterocycles. The highest BCUT2D eigenvalue weighted by Crippen LogP contribution is 2.22. The largest absolute Gasteiger partial charge is 0.391 e. The number of sulfonamides is 1. The molecule has 4 N–H and O–H groups in total. The van der Waals surface area contributed by atoms with E-state index in [2.05, 4.69) is 5.32 Å². The Bertz CT molecular complexity index is 513. The molecule has 1 aliphatic rings. The number of primary sulfonamides is 1. The van der Waals surface area contributed by atoms with Crippen LogP contribution in [-0.2, 0) is 10.0 Å². The van der Waals surface area contributed by atoms with E-state index in [1.807, 2.05) is 0 Å². The Labute approximate surface area is 113 Å². The highest BCUT2D eigenvalue weighted by atomic mass is 32.2. The molecule has 2 unspecified atom stereocenters. The summed E-state index contributed by atoms with van der Waals surface area (Å²) >= 11 is 0. The maximum Gasteiger partial charge on any atom is 0.238 e. The zero-order valence-electron chi connectivity index (χ0n) is 10.7. The van der Waals surface area contributed by atoms with Crippen LogP contribution in [0.2, 0.25) is 0 Å². The molecule has 0 saturated heterocycles. The summed E-state index contributed by atoms with van der Waals surface area (Å²) in [5.74, 6) is 0. The fraction of sp³-hybridized carbons (Fsp3) is 0.538. The van der Waals surface area contributed by atoms with Gasteiger partial charge in [-0.2, -0.15) is 0 Å². The number of nitrogens with two attached hydrogens (primary N) is 1. The molecule has 1 aromatic rings. The van der Waals surface area contributed by atoms with Crippen LogP contribution in [0.4, 0.5) is 5.69 Å². The van der Waals surface area contributed by atoms with Crippen LogP contribution in [0, 0.1) is 0 Å². The summed E-state index contributed by atoms with van der Waals surface area (Å²) in [6, 6.07) is 6.33. The molecule has 1 fully saturated rings. The van der Waals surface area contributed by atoms with Crippen LogP contribution in [0.3, 0.4) is 0 Å². The van der Waals surface area contributed by atoms with E-state index < -0.39 is 10.0 Å². The average molecular weight is 284 g/mol. The second-order valence-corrected chi connectivity index (χ2v) is 6.59. The van der Waals surface area contributed by atoms with Crippen molar-refractivity contribution in [1.29, 1.82) is 0 Å². The van der Waals surface area contributed by atoms with Gasteiger partial charge in [0, 0.05) is 5.69 Å². The molecule has 5 nitrogen and oxygen atoms in total. The zero-order chi connectivity index (χ0) is 13.9. The molecule has 19 heavy (non-hydrogen) atoms. The molecule has 1 aromatic carbocycles. The highest BCUT2D eigenvalue weighted by molar-refractivity contribution is 7.89. The first-order chi connectivity index (χ1) is 8.97. The lowest BCUT2D eigenvalue weighted by molar-refractivity contribution is 0.144. The van der Waals surface area contributed by atoms with Gasteiger partial charge in [-0.3, -0.25) is 0 Å². The Hall–Kier alpha value is -1.11. The number of anilines is 1. The lowest BCUT2D eigenvalue weighted by Gasteiger charge is -2.23. The fourth-order valence-electron chi connectivity index (χ4n) is 2.41. The van der Waals surface area contributed by atoms with Crippen LogP contribution in [0.15, 0.2) is 29.2 Å². The lowest BCUT2D eigenvalue weighted by atomic mass is 10.1. The molecule has 0 aliphatic heterocycles. The molecule has 0 radical (unpaired) electrons. The van der Waals surface area contributed by atoms with Crippen LogP contribution in [0.25, 0.3) is 0 Å². The SMILES string of the molecule is NS(=O)(=O)c1ccc(NC2CCCCCC2O)cc1. The van der Waals surface area contributed by atoms with E-state index in [1.54, 1.807) is 12.1 Å². The molecule has 0 spiro atoms. The summed E-state index contributed by atoms with van der Waals surface area (Å²) in [5.41, 5.74) is 0.804. The van der Waals surface area contributed by atoms with E-state index in [9.17, 15) is 13.5 Å². The third-order valence-corrected chi connectivity index (χ3v) is 4.44. The number of benzene rings is 1. The standard InChI is InChI=1S/C13H20N2O3S/c14-19(17,18)11-8-6-10(7-9-11)15-12-4-2-1-3-5-13(12)16/h6-9,12-13,15-16H,1-5H2,(H2,14,17,18). The van der Waals surface area contributed by atoms with Gasteiger partial charge in [-0.25, -0.2) is 13.6 Å². The number of hydrogen-bond donors (Lipinski definition) is 3. The van der Waals surface area contributed by atoms with E-state index in [1.165, 1.54) is 12.1 Å². The lowest BCUT2D eigenvalue weighted by Crippen LogP contribution is -2.32. The van der Waals surface area contributed by atoms with Gasteiger partial charge in [0.25, 0.3) is 0 Å². The Morgan fingerprint density at radius 3 is 2.37 bits per heavy atom. The van der Waals surface area contributed by atoms with Crippen molar-refractivity contribution in [2.45, 2.75) is 49.1 Å². The second-order valence-electron chi connectivity index (χ2n) is 5.03. The zero-order valence-corrected chi connectivity index (χ0v) is 11.6. The molecule has 106 valence electrons. The molecular formula is C13H20N2O3S. The van der Waals surface area contributed by atoms with Gasteiger partial charge in [-0.1, -0.05) is 19.3 Å². The average Bonchev–Trinajstić information content (AvgIpc) is 2.55. The molecular weight excluding hydrogens is 264 g/mol. The summed E-state index contributed by atoms with van der Waals surface area (Å²) in [5, 5.41) is 18.3. The number of nitrogens with one attached hydrogen (secondary N) is 1. The van der Waals surface area contributed by atoms with Gasteiger partial charge in [0.1, 0.15) is 0 Å². The van der Waals surface area contributed by atoms with Gasteiger partial charge in [0.15, 0.2) is 0 Å². The Balaban J connectivity index is 2.06. The third kappa shape index (κ3) is 3.92. The van der Waals surface area contributed by atoms with Crippen LogP contribution < -0.4 is 10.5 Å². The predicted octanol–water partition coefficient (Wildman–Crippen LogP) is 1.44. The normalized spacial score (nSPS) is 24.7. The van der Waals surface area contributed by atoms with Crippen LogP contribution in [-0.4, -0.2) is 25.7 Å². The van der Waals surface area contributed by atoms with Gasteiger partial charge < -0.3 is 10.4 Å². The van der Waals surface area contributed by atoms with Gasteiger partial charge in [-0.05, 0) is 37.1 Å². The van der Waals surface area contributed by atoms with Crippen molar-refractivity contribution in [1.82, 2.24) is 0 Å². The van der Waals surface area contributed by atoms with Gasteiger partial charge >= 0.3 is 0 Å². The molecule has 0 bridgehead atoms. The van der Waals surface area contributed by atoms with Crippen molar-refractivity contribution in [3.05, 3.63) is 24.3 Å². The van der Waals surface area contributed by atoms with E-state index in [0.717, 1.165) is 37.8 Å². The van der Waals surface area contributed by atoms with Crippen molar-refractivity contribution in [3.63, 3.8) is 0 Å². The maximum absolute atomic E-state index is 11.1. The van der Waals surface area contributed by atoms with E-state index >= 15 is 0 Å². The summed E-state index contributed by atoms with van der Waals surface area (Å²) in [6.07, 6.45) is 4.71. The molecule has 6 heteroatoms. The fourth-order valence-corrected chi connectivity index (χ4v) is 2.93. The summed E-state index contributed by atoms with van der Waals surface area (Å²) in [4.78, 5) is 0.0967. The van der Waals surface area contributed by atoms with Crippen molar-refractivity contribution < 1.29 is 13.5 Å². The van der Waals surface area contributed by atoms with Crippen molar-refractivity contribution >= 4 is 15.7 Å². The maximum atomic E-state index is 11.1. The Kier molecular flexibility index (Phi) is 4.44. The second kappa shape index (κ2) is 5.90. The third-order valence-electron chi connectivity index (χ3n) is 3.51. The molecule has 2 atom stereocenters. The first kappa shape index (κ1) is 14.3. The van der Waals surface area contributed by atoms with Gasteiger partial charge in [-0.15, -0.1) is 0 Å². The van der Waals surface area contributed by atoms with Crippen molar-refractivity contribution in [3.8, 4) is 0 Å². The van der Waals surface area contributed by atoms with Crippen LogP contribution in [0.1, 0.15) is 32.1 Å². The Morgan fingerprint density at radius 1 is 1.11 bits per heavy atom. The first-order valence-corrected chi connectivity index (χ1v) is 8.09. The number of aliphatic hydroxyl groups excluding tert-OH is 1. The quantitative estimate of drug-likeness (QED) is 0.732. The number of hydrogen-bond acceptors (Lipinski definition) is 4. The Morgan fingerprint density at radius 2 is 1.74 bits per heavy atom. The monoisotopic (exact) mass is 284 g/mol. The van der Waals surface area contributed by atoms with Gasteiger partial charge in [0.05, 0.1) is 17.0 Å². The van der Waals surface area contributed by atoms with E-state index in [4.69, 9.17) is 5.14 Å². The van der Waals surface area contributed by atoms with E-state index in [-0.39, 0.29) is 17.0 Å². The minimum Gasteiger partial charge on any atom is -0.391 e. The summed E-state index contributed by atoms with van der Waals surface area (Å²) in [6.45, 7) is 0.